The number of rotatable bonds is 5. The van der Waals surface area contributed by atoms with Crippen molar-refractivity contribution in [3.63, 3.8) is 0 Å². The van der Waals surface area contributed by atoms with Crippen LogP contribution in [0.15, 0.2) is 21.5 Å². The summed E-state index contributed by atoms with van der Waals surface area (Å²) in [5.74, 6) is -1.40. The summed E-state index contributed by atoms with van der Waals surface area (Å²) < 4.78 is 36.3. The van der Waals surface area contributed by atoms with Crippen LogP contribution in [0.3, 0.4) is 0 Å². The van der Waals surface area contributed by atoms with Gasteiger partial charge >= 0.3 is 0 Å². The quantitative estimate of drug-likeness (QED) is 0.729. The second-order valence-electron chi connectivity index (χ2n) is 4.28. The molecular formula is C12H14BrClFNO3S. The minimum atomic E-state index is -4.24. The number of unbranched alkanes of at least 4 members (excludes halogenated alkanes) is 1. The van der Waals surface area contributed by atoms with Crippen LogP contribution in [0.25, 0.3) is 0 Å². The third kappa shape index (κ3) is 4.17. The Hall–Kier alpha value is -0.660. The van der Waals surface area contributed by atoms with Gasteiger partial charge in [-0.05, 0) is 34.5 Å². The van der Waals surface area contributed by atoms with Gasteiger partial charge in [0, 0.05) is 28.7 Å². The summed E-state index contributed by atoms with van der Waals surface area (Å²) in [4.78, 5) is 12.9. The van der Waals surface area contributed by atoms with Crippen molar-refractivity contribution in [2.75, 3.05) is 13.6 Å². The normalized spacial score (nSPS) is 11.4. The number of benzene rings is 1. The van der Waals surface area contributed by atoms with Crippen molar-refractivity contribution in [3.8, 4) is 0 Å². The molecule has 4 nitrogen and oxygen atoms in total. The van der Waals surface area contributed by atoms with Gasteiger partial charge in [-0.1, -0.05) is 13.3 Å². The Kier molecular flexibility index (Phi) is 5.97. The Bertz CT molecular complexity index is 621. The summed E-state index contributed by atoms with van der Waals surface area (Å²) in [6, 6.07) is 1.88. The summed E-state index contributed by atoms with van der Waals surface area (Å²) in [5, 5.41) is 0. The lowest BCUT2D eigenvalue weighted by Crippen LogP contribution is -2.28. The first-order valence-corrected chi connectivity index (χ1v) is 8.98. The predicted molar refractivity (Wildman–Crippen MR) is 79.0 cm³/mol. The van der Waals surface area contributed by atoms with Crippen molar-refractivity contribution in [1.29, 1.82) is 0 Å². The van der Waals surface area contributed by atoms with E-state index in [0.29, 0.717) is 6.54 Å². The van der Waals surface area contributed by atoms with E-state index in [0.717, 1.165) is 25.0 Å². The van der Waals surface area contributed by atoms with Gasteiger partial charge < -0.3 is 4.90 Å². The molecule has 0 atom stereocenters. The van der Waals surface area contributed by atoms with Gasteiger partial charge in [0.1, 0.15) is 10.7 Å². The maximum Gasteiger partial charge on any atom is 0.264 e. The standard InChI is InChI=1S/C12H14BrClFNO3S/c1-3-4-5-16(2)12(17)8-6-11(20(14,18)19)10(15)7-9(8)13/h6-7H,3-5H2,1-2H3. The van der Waals surface area contributed by atoms with Crippen LogP contribution in [0.5, 0.6) is 0 Å². The molecule has 112 valence electrons. The molecule has 0 heterocycles. The van der Waals surface area contributed by atoms with Crippen LogP contribution in [0, 0.1) is 5.82 Å². The Morgan fingerprint density at radius 2 is 2.05 bits per heavy atom. The zero-order valence-electron chi connectivity index (χ0n) is 11.0. The minimum Gasteiger partial charge on any atom is -0.342 e. The molecule has 1 aromatic carbocycles. The molecule has 0 fully saturated rings. The molecule has 20 heavy (non-hydrogen) atoms. The van der Waals surface area contributed by atoms with Gasteiger partial charge in [-0.2, -0.15) is 0 Å². The second kappa shape index (κ2) is 6.87. The van der Waals surface area contributed by atoms with Gasteiger partial charge in [0.25, 0.3) is 15.0 Å². The lowest BCUT2D eigenvalue weighted by molar-refractivity contribution is 0.0792. The van der Waals surface area contributed by atoms with Crippen LogP contribution < -0.4 is 0 Å². The fourth-order valence-electron chi connectivity index (χ4n) is 1.58. The van der Waals surface area contributed by atoms with E-state index in [2.05, 4.69) is 15.9 Å². The Labute approximate surface area is 130 Å². The number of amides is 1. The largest absolute Gasteiger partial charge is 0.342 e. The van der Waals surface area contributed by atoms with Crippen molar-refractivity contribution < 1.29 is 17.6 Å². The molecular weight excluding hydrogens is 373 g/mol. The minimum absolute atomic E-state index is 0.0595. The molecule has 0 spiro atoms. The highest BCUT2D eigenvalue weighted by Gasteiger charge is 2.23. The average molecular weight is 387 g/mol. The first-order chi connectivity index (χ1) is 9.18. The molecule has 0 radical (unpaired) electrons. The number of nitrogens with zero attached hydrogens (tertiary/aromatic N) is 1. The van der Waals surface area contributed by atoms with E-state index in [1.807, 2.05) is 6.92 Å². The van der Waals surface area contributed by atoms with E-state index in [1.165, 1.54) is 4.90 Å². The van der Waals surface area contributed by atoms with E-state index in [9.17, 15) is 17.6 Å². The molecule has 1 rings (SSSR count). The molecule has 0 aliphatic rings. The molecule has 0 saturated heterocycles. The number of halogens is 3. The smallest absolute Gasteiger partial charge is 0.264 e. The summed E-state index contributed by atoms with van der Waals surface area (Å²) in [6.45, 7) is 2.52. The van der Waals surface area contributed by atoms with E-state index >= 15 is 0 Å². The molecule has 0 bridgehead atoms. The van der Waals surface area contributed by atoms with E-state index in [4.69, 9.17) is 10.7 Å². The van der Waals surface area contributed by atoms with Crippen LogP contribution in [-0.4, -0.2) is 32.8 Å². The molecule has 0 N–H and O–H groups in total. The third-order valence-corrected chi connectivity index (χ3v) is 4.70. The second-order valence-corrected chi connectivity index (χ2v) is 7.67. The lowest BCUT2D eigenvalue weighted by Gasteiger charge is -2.18. The van der Waals surface area contributed by atoms with E-state index in [-0.39, 0.29) is 10.0 Å². The van der Waals surface area contributed by atoms with E-state index < -0.39 is 25.7 Å². The number of carbonyl (C=O) groups is 1. The van der Waals surface area contributed by atoms with Crippen molar-refractivity contribution in [2.45, 2.75) is 24.7 Å². The summed E-state index contributed by atoms with van der Waals surface area (Å²) in [5.41, 5.74) is 0.0595. The summed E-state index contributed by atoms with van der Waals surface area (Å²) in [6.07, 6.45) is 1.74. The molecule has 0 aliphatic heterocycles. The molecule has 0 aliphatic carbocycles. The van der Waals surface area contributed by atoms with Crippen LogP contribution in [0.4, 0.5) is 4.39 Å². The first kappa shape index (κ1) is 17.4. The van der Waals surface area contributed by atoms with Crippen molar-refractivity contribution in [1.82, 2.24) is 4.90 Å². The average Bonchev–Trinajstić information content (AvgIpc) is 2.33. The van der Waals surface area contributed by atoms with Crippen molar-refractivity contribution in [3.05, 3.63) is 28.0 Å². The molecule has 8 heteroatoms. The van der Waals surface area contributed by atoms with Crippen LogP contribution in [-0.2, 0) is 9.05 Å². The number of carbonyl (C=O) groups excluding carboxylic acids is 1. The van der Waals surface area contributed by atoms with Gasteiger partial charge in [-0.25, -0.2) is 12.8 Å². The van der Waals surface area contributed by atoms with Gasteiger partial charge in [0.15, 0.2) is 0 Å². The summed E-state index contributed by atoms with van der Waals surface area (Å²) >= 11 is 3.06. The van der Waals surface area contributed by atoms with Crippen molar-refractivity contribution in [2.24, 2.45) is 0 Å². The Morgan fingerprint density at radius 1 is 1.45 bits per heavy atom. The maximum atomic E-state index is 13.6. The monoisotopic (exact) mass is 385 g/mol. The summed E-state index contributed by atoms with van der Waals surface area (Å²) in [7, 11) is 2.50. The van der Waals surface area contributed by atoms with Gasteiger partial charge in [0.05, 0.1) is 5.56 Å². The molecule has 0 saturated carbocycles. The van der Waals surface area contributed by atoms with Crippen LogP contribution >= 0.6 is 26.6 Å². The fraction of sp³-hybridized carbons (Fsp3) is 0.417. The maximum absolute atomic E-state index is 13.6. The first-order valence-electron chi connectivity index (χ1n) is 5.87. The van der Waals surface area contributed by atoms with Gasteiger partial charge in [0.2, 0.25) is 0 Å². The van der Waals surface area contributed by atoms with Gasteiger partial charge in [-0.3, -0.25) is 4.79 Å². The van der Waals surface area contributed by atoms with Crippen molar-refractivity contribution >= 4 is 41.6 Å². The molecule has 1 amide bonds. The zero-order chi connectivity index (χ0) is 15.5. The molecule has 0 aromatic heterocycles. The van der Waals surface area contributed by atoms with Crippen LogP contribution in [0.2, 0.25) is 0 Å². The highest BCUT2D eigenvalue weighted by atomic mass is 79.9. The predicted octanol–water partition coefficient (Wildman–Crippen LogP) is 3.39. The zero-order valence-corrected chi connectivity index (χ0v) is 14.1. The lowest BCUT2D eigenvalue weighted by atomic mass is 10.2. The Balaban J connectivity index is 3.22. The highest BCUT2D eigenvalue weighted by Crippen LogP contribution is 2.27. The number of hydrogen-bond acceptors (Lipinski definition) is 3. The van der Waals surface area contributed by atoms with Crippen LogP contribution in [0.1, 0.15) is 30.1 Å². The Morgan fingerprint density at radius 3 is 2.55 bits per heavy atom. The molecule has 1 aromatic rings. The molecule has 0 unspecified atom stereocenters. The van der Waals surface area contributed by atoms with E-state index in [1.54, 1.807) is 7.05 Å². The van der Waals surface area contributed by atoms with Gasteiger partial charge in [-0.15, -0.1) is 0 Å². The third-order valence-electron chi connectivity index (χ3n) is 2.71. The topological polar surface area (TPSA) is 54.5 Å². The number of hydrogen-bond donors (Lipinski definition) is 0. The highest BCUT2D eigenvalue weighted by molar-refractivity contribution is 9.10. The SMILES string of the molecule is CCCCN(C)C(=O)c1cc(S(=O)(=O)Cl)c(F)cc1Br. The fourth-order valence-corrected chi connectivity index (χ4v) is 2.97.